The predicted molar refractivity (Wildman–Crippen MR) is 68.0 cm³/mol. The molecule has 1 heterocycles. The zero-order valence-corrected chi connectivity index (χ0v) is 10.3. The van der Waals surface area contributed by atoms with Gasteiger partial charge in [0, 0.05) is 12.6 Å². The van der Waals surface area contributed by atoms with Gasteiger partial charge in [0.05, 0.1) is 5.56 Å². The summed E-state index contributed by atoms with van der Waals surface area (Å²) in [6.07, 6.45) is 1.05. The second-order valence-corrected chi connectivity index (χ2v) is 4.11. The number of carbonyl (C=O) groups is 2. The zero-order valence-electron chi connectivity index (χ0n) is 10.3. The molecule has 1 aromatic carbocycles. The lowest BCUT2D eigenvalue weighted by Crippen LogP contribution is -2.22. The summed E-state index contributed by atoms with van der Waals surface area (Å²) < 4.78 is 4.91. The normalized spacial score (nSPS) is 10.2. The molecule has 0 bridgehead atoms. The molecule has 0 fully saturated rings. The van der Waals surface area contributed by atoms with E-state index in [9.17, 15) is 9.59 Å². The highest BCUT2D eigenvalue weighted by Gasteiger charge is 2.14. The molecule has 5 nitrogen and oxygen atoms in total. The van der Waals surface area contributed by atoms with Crippen molar-refractivity contribution in [1.82, 2.24) is 5.32 Å². The molecule has 0 aliphatic heterocycles. The van der Waals surface area contributed by atoms with Crippen molar-refractivity contribution in [3.05, 3.63) is 59.0 Å². The van der Waals surface area contributed by atoms with E-state index < -0.39 is 11.9 Å². The molecule has 98 valence electrons. The van der Waals surface area contributed by atoms with Crippen LogP contribution in [0, 0.1) is 6.92 Å². The van der Waals surface area contributed by atoms with Crippen molar-refractivity contribution in [2.75, 3.05) is 0 Å². The summed E-state index contributed by atoms with van der Waals surface area (Å²) in [5, 5.41) is 11.4. The lowest BCUT2D eigenvalue weighted by molar-refractivity contribution is 0.0696. The number of carbonyl (C=O) groups excluding carboxylic acids is 1. The van der Waals surface area contributed by atoms with Gasteiger partial charge in [0.15, 0.2) is 5.76 Å². The molecular weight excluding hydrogens is 246 g/mol. The minimum Gasteiger partial charge on any atom is -0.478 e. The number of hydrogen-bond acceptors (Lipinski definition) is 3. The molecule has 0 aliphatic carbocycles. The number of carboxylic acid groups (broad SMARTS) is 1. The largest absolute Gasteiger partial charge is 0.478 e. The van der Waals surface area contributed by atoms with Crippen LogP contribution in [0.3, 0.4) is 0 Å². The second kappa shape index (κ2) is 5.39. The fourth-order valence-electron chi connectivity index (χ4n) is 1.64. The molecule has 0 saturated carbocycles. The Kier molecular flexibility index (Phi) is 3.66. The summed E-state index contributed by atoms with van der Waals surface area (Å²) >= 11 is 0. The Morgan fingerprint density at radius 1 is 1.32 bits per heavy atom. The lowest BCUT2D eigenvalue weighted by atomic mass is 10.1. The second-order valence-electron chi connectivity index (χ2n) is 4.11. The molecule has 19 heavy (non-hydrogen) atoms. The fourth-order valence-corrected chi connectivity index (χ4v) is 1.64. The molecule has 0 spiro atoms. The van der Waals surface area contributed by atoms with Crippen LogP contribution in [0.15, 0.2) is 41.0 Å². The van der Waals surface area contributed by atoms with Crippen molar-refractivity contribution in [2.24, 2.45) is 0 Å². The topological polar surface area (TPSA) is 79.5 Å². The van der Waals surface area contributed by atoms with Gasteiger partial charge >= 0.3 is 5.97 Å². The van der Waals surface area contributed by atoms with Crippen molar-refractivity contribution in [1.29, 1.82) is 0 Å². The SMILES string of the molecule is Cc1ccccc1CNC(=O)c1cc(C(=O)O)co1. The van der Waals surface area contributed by atoms with E-state index in [1.165, 1.54) is 6.07 Å². The molecule has 1 aromatic heterocycles. The highest BCUT2D eigenvalue weighted by Crippen LogP contribution is 2.09. The molecule has 5 heteroatoms. The Hall–Kier alpha value is -2.56. The Morgan fingerprint density at radius 2 is 2.05 bits per heavy atom. The third-order valence-corrected chi connectivity index (χ3v) is 2.77. The first-order valence-corrected chi connectivity index (χ1v) is 5.72. The molecule has 0 saturated heterocycles. The first-order valence-electron chi connectivity index (χ1n) is 5.72. The van der Waals surface area contributed by atoms with Gasteiger partial charge in [-0.3, -0.25) is 4.79 Å². The quantitative estimate of drug-likeness (QED) is 0.882. The van der Waals surface area contributed by atoms with Crippen LogP contribution in [0.4, 0.5) is 0 Å². The van der Waals surface area contributed by atoms with Crippen LogP contribution >= 0.6 is 0 Å². The molecule has 0 unspecified atom stereocenters. The number of carboxylic acids is 1. The van der Waals surface area contributed by atoms with E-state index >= 15 is 0 Å². The summed E-state index contributed by atoms with van der Waals surface area (Å²) in [4.78, 5) is 22.4. The van der Waals surface area contributed by atoms with Crippen LogP contribution in [-0.4, -0.2) is 17.0 Å². The molecular formula is C14H13NO4. The van der Waals surface area contributed by atoms with E-state index in [4.69, 9.17) is 9.52 Å². The van der Waals surface area contributed by atoms with Crippen molar-refractivity contribution in [2.45, 2.75) is 13.5 Å². The lowest BCUT2D eigenvalue weighted by Gasteiger charge is -2.06. The number of rotatable bonds is 4. The summed E-state index contributed by atoms with van der Waals surface area (Å²) in [6.45, 7) is 2.32. The Labute approximate surface area is 109 Å². The average Bonchev–Trinajstić information content (AvgIpc) is 2.87. The van der Waals surface area contributed by atoms with Crippen LogP contribution in [0.25, 0.3) is 0 Å². The van der Waals surface area contributed by atoms with E-state index in [0.717, 1.165) is 17.4 Å². The Morgan fingerprint density at radius 3 is 2.68 bits per heavy atom. The summed E-state index contributed by atoms with van der Waals surface area (Å²) in [7, 11) is 0. The van der Waals surface area contributed by atoms with Gasteiger partial charge in [-0.25, -0.2) is 4.79 Å². The first kappa shape index (κ1) is 12.9. The standard InChI is InChI=1S/C14H13NO4/c1-9-4-2-3-5-10(9)7-15-13(16)12-6-11(8-19-12)14(17)18/h2-6,8H,7H2,1H3,(H,15,16)(H,17,18). The number of aryl methyl sites for hydroxylation is 1. The third kappa shape index (κ3) is 3.01. The minimum absolute atomic E-state index is 0.00835. The van der Waals surface area contributed by atoms with Crippen LogP contribution in [0.2, 0.25) is 0 Å². The number of aromatic carboxylic acids is 1. The van der Waals surface area contributed by atoms with Crippen LogP contribution in [0.5, 0.6) is 0 Å². The number of benzene rings is 1. The van der Waals surface area contributed by atoms with Crippen molar-refractivity contribution in [3.63, 3.8) is 0 Å². The monoisotopic (exact) mass is 259 g/mol. The summed E-state index contributed by atoms with van der Waals surface area (Å²) in [5.74, 6) is -1.57. The number of furan rings is 1. The summed E-state index contributed by atoms with van der Waals surface area (Å²) in [5.41, 5.74) is 2.04. The van der Waals surface area contributed by atoms with E-state index in [0.29, 0.717) is 6.54 Å². The Balaban J connectivity index is 2.01. The van der Waals surface area contributed by atoms with Gasteiger partial charge in [-0.1, -0.05) is 24.3 Å². The van der Waals surface area contributed by atoms with Gasteiger partial charge in [-0.05, 0) is 18.1 Å². The number of nitrogens with one attached hydrogen (secondary N) is 1. The smallest absolute Gasteiger partial charge is 0.338 e. The van der Waals surface area contributed by atoms with E-state index in [-0.39, 0.29) is 11.3 Å². The minimum atomic E-state index is -1.12. The van der Waals surface area contributed by atoms with Gasteiger partial charge in [-0.15, -0.1) is 0 Å². The van der Waals surface area contributed by atoms with E-state index in [2.05, 4.69) is 5.32 Å². The van der Waals surface area contributed by atoms with Gasteiger partial charge in [0.25, 0.3) is 5.91 Å². The molecule has 2 aromatic rings. The van der Waals surface area contributed by atoms with Crippen LogP contribution < -0.4 is 5.32 Å². The van der Waals surface area contributed by atoms with Crippen LogP contribution in [0.1, 0.15) is 32.0 Å². The third-order valence-electron chi connectivity index (χ3n) is 2.77. The maximum Gasteiger partial charge on any atom is 0.338 e. The van der Waals surface area contributed by atoms with Gasteiger partial charge in [-0.2, -0.15) is 0 Å². The van der Waals surface area contributed by atoms with Crippen molar-refractivity contribution in [3.8, 4) is 0 Å². The average molecular weight is 259 g/mol. The van der Waals surface area contributed by atoms with Crippen molar-refractivity contribution < 1.29 is 19.1 Å². The summed E-state index contributed by atoms with van der Waals surface area (Å²) in [6, 6.07) is 8.89. The Bertz CT molecular complexity index is 615. The molecule has 0 aliphatic rings. The highest BCUT2D eigenvalue weighted by molar-refractivity contribution is 5.95. The number of amides is 1. The maximum atomic E-state index is 11.8. The molecule has 2 N–H and O–H groups in total. The molecule has 2 rings (SSSR count). The molecule has 0 radical (unpaired) electrons. The first-order chi connectivity index (χ1) is 9.08. The number of hydrogen-bond donors (Lipinski definition) is 2. The van der Waals surface area contributed by atoms with Crippen LogP contribution in [-0.2, 0) is 6.54 Å². The highest BCUT2D eigenvalue weighted by atomic mass is 16.4. The fraction of sp³-hybridized carbons (Fsp3) is 0.143. The van der Waals surface area contributed by atoms with E-state index in [1.807, 2.05) is 31.2 Å². The van der Waals surface area contributed by atoms with Crippen molar-refractivity contribution >= 4 is 11.9 Å². The maximum absolute atomic E-state index is 11.8. The van der Waals surface area contributed by atoms with E-state index in [1.54, 1.807) is 0 Å². The molecule has 1 amide bonds. The zero-order chi connectivity index (χ0) is 13.8. The van der Waals surface area contributed by atoms with Gasteiger partial charge in [0.1, 0.15) is 6.26 Å². The van der Waals surface area contributed by atoms with Gasteiger partial charge < -0.3 is 14.8 Å². The molecule has 0 atom stereocenters. The van der Waals surface area contributed by atoms with Gasteiger partial charge in [0.2, 0.25) is 0 Å². The predicted octanol–water partition coefficient (Wildman–Crippen LogP) is 2.22.